The van der Waals surface area contributed by atoms with E-state index in [1.165, 1.54) is 25.4 Å². The van der Waals surface area contributed by atoms with Gasteiger partial charge in [0.2, 0.25) is 0 Å². The highest BCUT2D eigenvalue weighted by molar-refractivity contribution is 7.27. The molecule has 2 nitrogen and oxygen atoms in total. The molecule has 3 aromatic rings. The average Bonchev–Trinajstić information content (AvgIpc) is 3.18. The predicted octanol–water partition coefficient (Wildman–Crippen LogP) is 4.60. The lowest BCUT2D eigenvalue weighted by Crippen LogP contribution is -2.21. The van der Waals surface area contributed by atoms with Gasteiger partial charge in [0.25, 0.3) is 0 Å². The van der Waals surface area contributed by atoms with Crippen molar-refractivity contribution in [3.63, 3.8) is 0 Å². The molecule has 0 bridgehead atoms. The van der Waals surface area contributed by atoms with Gasteiger partial charge >= 0.3 is 0 Å². The van der Waals surface area contributed by atoms with Crippen LogP contribution in [-0.4, -0.2) is 13.2 Å². The van der Waals surface area contributed by atoms with Gasteiger partial charge in [-0.3, -0.25) is 0 Å². The van der Waals surface area contributed by atoms with E-state index in [0.717, 1.165) is 25.3 Å². The number of rotatable bonds is 4. The van der Waals surface area contributed by atoms with E-state index in [1.807, 2.05) is 22.7 Å². The van der Waals surface area contributed by atoms with Crippen molar-refractivity contribution in [2.75, 3.05) is 13.2 Å². The van der Waals surface area contributed by atoms with Crippen LogP contribution in [0.5, 0.6) is 5.75 Å². The maximum Gasteiger partial charge on any atom is 0.122 e. The number of hydrogen-bond acceptors (Lipinski definition) is 4. The van der Waals surface area contributed by atoms with Crippen LogP contribution in [0.15, 0.2) is 35.7 Å². The summed E-state index contributed by atoms with van der Waals surface area (Å²) in [5.74, 6) is 1.06. The van der Waals surface area contributed by atoms with E-state index in [-0.39, 0.29) is 6.04 Å². The fourth-order valence-electron chi connectivity index (χ4n) is 2.90. The minimum atomic E-state index is 0.283. The van der Waals surface area contributed by atoms with Gasteiger partial charge in [-0.25, -0.2) is 0 Å². The lowest BCUT2D eigenvalue weighted by molar-refractivity contribution is 0.357. The monoisotopic (exact) mass is 315 g/mol. The van der Waals surface area contributed by atoms with Crippen molar-refractivity contribution in [1.29, 1.82) is 0 Å². The van der Waals surface area contributed by atoms with Crippen molar-refractivity contribution >= 4 is 32.1 Å². The van der Waals surface area contributed by atoms with Crippen LogP contribution in [0.2, 0.25) is 0 Å². The van der Waals surface area contributed by atoms with Gasteiger partial charge in [-0.05, 0) is 41.3 Å². The normalized spacial score (nSPS) is 15.1. The Kier molecular flexibility index (Phi) is 3.45. The summed E-state index contributed by atoms with van der Waals surface area (Å²) in [7, 11) is 0. The van der Waals surface area contributed by atoms with Gasteiger partial charge in [-0.2, -0.15) is 0 Å². The van der Waals surface area contributed by atoms with E-state index >= 15 is 0 Å². The highest BCUT2D eigenvalue weighted by Crippen LogP contribution is 2.37. The molecule has 108 valence electrons. The van der Waals surface area contributed by atoms with Gasteiger partial charge in [0, 0.05) is 20.7 Å². The molecule has 4 heteroatoms. The first-order valence-corrected chi connectivity index (χ1v) is 9.00. The Hall–Kier alpha value is -1.36. The lowest BCUT2D eigenvalue weighted by Gasteiger charge is -2.17. The lowest BCUT2D eigenvalue weighted by atomic mass is 10.0. The van der Waals surface area contributed by atoms with E-state index < -0.39 is 0 Å². The maximum atomic E-state index is 5.62. The number of ether oxygens (including phenoxy) is 1. The van der Waals surface area contributed by atoms with Gasteiger partial charge in [-0.1, -0.05) is 19.1 Å². The number of thiophene rings is 2. The third kappa shape index (κ3) is 2.37. The van der Waals surface area contributed by atoms with Crippen LogP contribution in [0.1, 0.15) is 29.0 Å². The first-order chi connectivity index (χ1) is 10.3. The molecule has 1 aromatic carbocycles. The van der Waals surface area contributed by atoms with Gasteiger partial charge in [-0.15, -0.1) is 22.7 Å². The van der Waals surface area contributed by atoms with E-state index in [9.17, 15) is 0 Å². The largest absolute Gasteiger partial charge is 0.493 e. The van der Waals surface area contributed by atoms with Crippen molar-refractivity contribution < 1.29 is 4.74 Å². The van der Waals surface area contributed by atoms with Crippen LogP contribution in [-0.2, 0) is 6.42 Å². The summed E-state index contributed by atoms with van der Waals surface area (Å²) < 4.78 is 8.40. The molecule has 0 spiro atoms. The molecule has 21 heavy (non-hydrogen) atoms. The molecule has 1 aliphatic heterocycles. The highest BCUT2D eigenvalue weighted by atomic mass is 32.1. The standard InChI is InChI=1S/C17H17NOS2/c1-2-18-17(16-10-15-14(21-16)6-8-20-15)12-3-4-13-11(9-12)5-7-19-13/h3-4,6,8-10,17-18H,2,5,7H2,1H3. The summed E-state index contributed by atoms with van der Waals surface area (Å²) in [6.07, 6.45) is 1.03. The first kappa shape index (κ1) is 13.3. The molecule has 3 heterocycles. The molecule has 2 aromatic heterocycles. The minimum Gasteiger partial charge on any atom is -0.493 e. The Morgan fingerprint density at radius 3 is 3.05 bits per heavy atom. The van der Waals surface area contributed by atoms with Gasteiger partial charge in [0.05, 0.1) is 12.6 Å². The molecular formula is C17H17NOS2. The third-order valence-electron chi connectivity index (χ3n) is 3.90. The molecule has 0 fully saturated rings. The Balaban J connectivity index is 1.75. The second kappa shape index (κ2) is 5.44. The van der Waals surface area contributed by atoms with Crippen LogP contribution < -0.4 is 10.1 Å². The number of hydrogen-bond donors (Lipinski definition) is 1. The molecule has 0 radical (unpaired) electrons. The van der Waals surface area contributed by atoms with Crippen LogP contribution >= 0.6 is 22.7 Å². The van der Waals surface area contributed by atoms with Gasteiger partial charge < -0.3 is 10.1 Å². The van der Waals surface area contributed by atoms with Crippen LogP contribution in [0.4, 0.5) is 0 Å². The van der Waals surface area contributed by atoms with Crippen LogP contribution in [0.25, 0.3) is 9.40 Å². The molecule has 1 unspecified atom stereocenters. The summed E-state index contributed by atoms with van der Waals surface area (Å²) in [4.78, 5) is 1.40. The van der Waals surface area contributed by atoms with E-state index in [0.29, 0.717) is 0 Å². The first-order valence-electron chi connectivity index (χ1n) is 7.31. The smallest absolute Gasteiger partial charge is 0.122 e. The van der Waals surface area contributed by atoms with Crippen molar-refractivity contribution in [2.45, 2.75) is 19.4 Å². The zero-order chi connectivity index (χ0) is 14.2. The number of fused-ring (bicyclic) bond motifs is 2. The van der Waals surface area contributed by atoms with Crippen molar-refractivity contribution in [3.8, 4) is 5.75 Å². The van der Waals surface area contributed by atoms with Crippen LogP contribution in [0.3, 0.4) is 0 Å². The highest BCUT2D eigenvalue weighted by Gasteiger charge is 2.19. The van der Waals surface area contributed by atoms with E-state index in [2.05, 4.69) is 48.0 Å². The Bertz CT molecular complexity index is 746. The molecule has 0 saturated carbocycles. The zero-order valence-corrected chi connectivity index (χ0v) is 13.5. The van der Waals surface area contributed by atoms with Gasteiger partial charge in [0.15, 0.2) is 0 Å². The zero-order valence-electron chi connectivity index (χ0n) is 11.9. The van der Waals surface area contributed by atoms with Crippen molar-refractivity contribution in [1.82, 2.24) is 5.32 Å². The summed E-state index contributed by atoms with van der Waals surface area (Å²) >= 11 is 3.72. The quantitative estimate of drug-likeness (QED) is 0.760. The number of benzene rings is 1. The maximum absolute atomic E-state index is 5.62. The van der Waals surface area contributed by atoms with Crippen molar-refractivity contribution in [2.24, 2.45) is 0 Å². The van der Waals surface area contributed by atoms with E-state index in [1.54, 1.807) is 0 Å². The van der Waals surface area contributed by atoms with Crippen molar-refractivity contribution in [3.05, 3.63) is 51.7 Å². The summed E-state index contributed by atoms with van der Waals surface area (Å²) in [6, 6.07) is 11.5. The van der Waals surface area contributed by atoms with E-state index in [4.69, 9.17) is 4.74 Å². The molecule has 0 aliphatic carbocycles. The fourth-order valence-corrected chi connectivity index (χ4v) is 5.12. The Labute approximate surface area is 132 Å². The average molecular weight is 315 g/mol. The molecule has 4 rings (SSSR count). The fraction of sp³-hybridized carbons (Fsp3) is 0.294. The molecule has 1 N–H and O–H groups in total. The second-order valence-electron chi connectivity index (χ2n) is 5.25. The molecule has 0 amide bonds. The molecule has 1 aliphatic rings. The minimum absolute atomic E-state index is 0.283. The SMILES string of the molecule is CCNC(c1ccc2c(c1)CCO2)c1cc2sccc2s1. The Morgan fingerprint density at radius 1 is 1.24 bits per heavy atom. The third-order valence-corrected chi connectivity index (χ3v) is 6.06. The molecule has 1 atom stereocenters. The van der Waals surface area contributed by atoms with Gasteiger partial charge in [0.1, 0.15) is 5.75 Å². The topological polar surface area (TPSA) is 21.3 Å². The molecule has 0 saturated heterocycles. The number of nitrogens with one attached hydrogen (secondary N) is 1. The summed E-state index contributed by atoms with van der Waals surface area (Å²) in [5.41, 5.74) is 2.68. The second-order valence-corrected chi connectivity index (χ2v) is 7.32. The Morgan fingerprint density at radius 2 is 2.19 bits per heavy atom. The molecular weight excluding hydrogens is 298 g/mol. The predicted molar refractivity (Wildman–Crippen MR) is 90.9 cm³/mol. The summed E-state index contributed by atoms with van der Waals surface area (Å²) in [5, 5.41) is 5.80. The van der Waals surface area contributed by atoms with Crippen LogP contribution in [0, 0.1) is 0 Å². The summed E-state index contributed by atoms with van der Waals surface area (Å²) in [6.45, 7) is 3.95.